The standard InChI is InChI=1S/C15H24N6/c1-9(2)13-18-14(16-5)10(3)15(19-13)17-7-12-8-21(6)20-11(12)4/h8-9H,7H2,1-6H3,(H2,16,17,18,19). The fourth-order valence-electron chi connectivity index (χ4n) is 2.21. The van der Waals surface area contributed by atoms with Crippen molar-refractivity contribution in [2.45, 2.75) is 40.2 Å². The molecular formula is C15H24N6. The monoisotopic (exact) mass is 288 g/mol. The van der Waals surface area contributed by atoms with Crippen molar-refractivity contribution in [3.63, 3.8) is 0 Å². The van der Waals surface area contributed by atoms with E-state index in [4.69, 9.17) is 0 Å². The molecule has 0 aromatic carbocycles. The summed E-state index contributed by atoms with van der Waals surface area (Å²) in [6.07, 6.45) is 2.03. The molecule has 0 radical (unpaired) electrons. The molecule has 0 amide bonds. The molecule has 0 unspecified atom stereocenters. The summed E-state index contributed by atoms with van der Waals surface area (Å²) in [5.41, 5.74) is 3.24. The fourth-order valence-corrected chi connectivity index (χ4v) is 2.21. The molecule has 2 aromatic rings. The van der Waals surface area contributed by atoms with E-state index in [1.165, 1.54) is 5.56 Å². The molecule has 2 N–H and O–H groups in total. The maximum atomic E-state index is 4.64. The Morgan fingerprint density at radius 2 is 1.86 bits per heavy atom. The molecule has 2 aromatic heterocycles. The van der Waals surface area contributed by atoms with Gasteiger partial charge in [0, 0.05) is 43.9 Å². The van der Waals surface area contributed by atoms with Crippen LogP contribution in [0.4, 0.5) is 11.6 Å². The van der Waals surface area contributed by atoms with Gasteiger partial charge in [0.25, 0.3) is 0 Å². The van der Waals surface area contributed by atoms with E-state index in [0.717, 1.165) is 28.7 Å². The Morgan fingerprint density at radius 1 is 1.19 bits per heavy atom. The van der Waals surface area contributed by atoms with E-state index in [0.29, 0.717) is 12.5 Å². The molecule has 0 bridgehead atoms. The van der Waals surface area contributed by atoms with Crippen LogP contribution in [0.1, 0.15) is 42.4 Å². The Bertz CT molecular complexity index is 629. The van der Waals surface area contributed by atoms with E-state index in [1.807, 2.05) is 38.8 Å². The molecule has 2 rings (SSSR count). The zero-order chi connectivity index (χ0) is 15.6. The van der Waals surface area contributed by atoms with Crippen molar-refractivity contribution in [1.82, 2.24) is 19.7 Å². The summed E-state index contributed by atoms with van der Waals surface area (Å²) in [7, 11) is 3.82. The number of hydrogen-bond donors (Lipinski definition) is 2. The predicted molar refractivity (Wildman–Crippen MR) is 85.7 cm³/mol. The Morgan fingerprint density at radius 3 is 2.38 bits per heavy atom. The van der Waals surface area contributed by atoms with Gasteiger partial charge in [-0.2, -0.15) is 5.10 Å². The van der Waals surface area contributed by atoms with Gasteiger partial charge in [0.05, 0.1) is 5.69 Å². The number of anilines is 2. The molecule has 21 heavy (non-hydrogen) atoms. The Kier molecular flexibility index (Phi) is 4.45. The normalized spacial score (nSPS) is 11.0. The number of nitrogens with zero attached hydrogens (tertiary/aromatic N) is 4. The Labute approximate surface area is 126 Å². The molecule has 0 atom stereocenters. The summed E-state index contributed by atoms with van der Waals surface area (Å²) in [5.74, 6) is 2.88. The number of aryl methyl sites for hydroxylation is 2. The summed E-state index contributed by atoms with van der Waals surface area (Å²) in [6, 6.07) is 0. The minimum Gasteiger partial charge on any atom is -0.373 e. The van der Waals surface area contributed by atoms with Crippen molar-refractivity contribution < 1.29 is 0 Å². The lowest BCUT2D eigenvalue weighted by Crippen LogP contribution is -2.10. The van der Waals surface area contributed by atoms with Gasteiger partial charge < -0.3 is 10.6 Å². The molecule has 0 saturated heterocycles. The largest absolute Gasteiger partial charge is 0.373 e. The second-order valence-corrected chi connectivity index (χ2v) is 5.58. The molecule has 114 valence electrons. The van der Waals surface area contributed by atoms with Crippen molar-refractivity contribution in [2.24, 2.45) is 7.05 Å². The maximum absolute atomic E-state index is 4.64. The van der Waals surface area contributed by atoms with Crippen LogP contribution in [0.2, 0.25) is 0 Å². The lowest BCUT2D eigenvalue weighted by atomic mass is 10.2. The van der Waals surface area contributed by atoms with Gasteiger partial charge >= 0.3 is 0 Å². The van der Waals surface area contributed by atoms with Crippen LogP contribution in [0.15, 0.2) is 6.20 Å². The first-order chi connectivity index (χ1) is 9.92. The summed E-state index contributed by atoms with van der Waals surface area (Å²) in [4.78, 5) is 9.19. The van der Waals surface area contributed by atoms with E-state index in [2.05, 4.69) is 39.5 Å². The number of rotatable bonds is 5. The van der Waals surface area contributed by atoms with Gasteiger partial charge in [0.1, 0.15) is 17.5 Å². The molecule has 0 fully saturated rings. The first-order valence-electron chi connectivity index (χ1n) is 7.21. The summed E-state index contributed by atoms with van der Waals surface area (Å²) in [5, 5.41) is 10.9. The highest BCUT2D eigenvalue weighted by Gasteiger charge is 2.13. The highest BCUT2D eigenvalue weighted by Crippen LogP contribution is 2.23. The fraction of sp³-hybridized carbons (Fsp3) is 0.533. The Balaban J connectivity index is 2.26. The molecule has 0 spiro atoms. The first-order valence-corrected chi connectivity index (χ1v) is 7.21. The van der Waals surface area contributed by atoms with Crippen molar-refractivity contribution in [3.05, 3.63) is 28.8 Å². The SMILES string of the molecule is CNc1nc(C(C)C)nc(NCc2cn(C)nc2C)c1C. The predicted octanol–water partition coefficient (Wildman–Crippen LogP) is 2.60. The topological polar surface area (TPSA) is 67.7 Å². The third-order valence-electron chi connectivity index (χ3n) is 3.48. The van der Waals surface area contributed by atoms with Crippen LogP contribution in [-0.4, -0.2) is 26.8 Å². The van der Waals surface area contributed by atoms with Crippen LogP contribution in [0.3, 0.4) is 0 Å². The molecule has 0 saturated carbocycles. The van der Waals surface area contributed by atoms with Gasteiger partial charge in [0.15, 0.2) is 0 Å². The second kappa shape index (κ2) is 6.11. The van der Waals surface area contributed by atoms with Crippen molar-refractivity contribution >= 4 is 11.6 Å². The number of hydrogen-bond acceptors (Lipinski definition) is 5. The summed E-state index contributed by atoms with van der Waals surface area (Å²) < 4.78 is 1.83. The van der Waals surface area contributed by atoms with Crippen molar-refractivity contribution in [2.75, 3.05) is 17.7 Å². The van der Waals surface area contributed by atoms with Crippen LogP contribution in [0.5, 0.6) is 0 Å². The van der Waals surface area contributed by atoms with Gasteiger partial charge in [-0.25, -0.2) is 9.97 Å². The zero-order valence-electron chi connectivity index (χ0n) is 13.7. The van der Waals surface area contributed by atoms with E-state index in [1.54, 1.807) is 0 Å². The molecule has 0 aliphatic carbocycles. The van der Waals surface area contributed by atoms with Gasteiger partial charge in [0.2, 0.25) is 0 Å². The summed E-state index contributed by atoms with van der Waals surface area (Å²) in [6.45, 7) is 8.94. The van der Waals surface area contributed by atoms with E-state index in [9.17, 15) is 0 Å². The molecule has 0 aliphatic heterocycles. The van der Waals surface area contributed by atoms with E-state index >= 15 is 0 Å². The molecule has 0 aliphatic rings. The first kappa shape index (κ1) is 15.3. The van der Waals surface area contributed by atoms with E-state index in [-0.39, 0.29) is 0 Å². The number of aromatic nitrogens is 4. The lowest BCUT2D eigenvalue weighted by Gasteiger charge is -2.15. The van der Waals surface area contributed by atoms with Crippen LogP contribution in [-0.2, 0) is 13.6 Å². The molecular weight excluding hydrogens is 264 g/mol. The molecule has 2 heterocycles. The maximum Gasteiger partial charge on any atom is 0.135 e. The quantitative estimate of drug-likeness (QED) is 0.885. The second-order valence-electron chi connectivity index (χ2n) is 5.58. The minimum absolute atomic E-state index is 0.290. The molecule has 6 heteroatoms. The smallest absolute Gasteiger partial charge is 0.135 e. The van der Waals surface area contributed by atoms with Gasteiger partial charge in [-0.1, -0.05) is 13.8 Å². The molecule has 6 nitrogen and oxygen atoms in total. The van der Waals surface area contributed by atoms with E-state index < -0.39 is 0 Å². The van der Waals surface area contributed by atoms with Crippen molar-refractivity contribution in [1.29, 1.82) is 0 Å². The highest BCUT2D eigenvalue weighted by atomic mass is 15.3. The van der Waals surface area contributed by atoms with Crippen LogP contribution in [0.25, 0.3) is 0 Å². The van der Waals surface area contributed by atoms with Gasteiger partial charge in [-0.15, -0.1) is 0 Å². The van der Waals surface area contributed by atoms with Crippen LogP contribution < -0.4 is 10.6 Å². The third-order valence-corrected chi connectivity index (χ3v) is 3.48. The average molecular weight is 288 g/mol. The van der Waals surface area contributed by atoms with Gasteiger partial charge in [-0.05, 0) is 13.8 Å². The Hall–Kier alpha value is -2.11. The third kappa shape index (κ3) is 3.32. The van der Waals surface area contributed by atoms with Crippen molar-refractivity contribution in [3.8, 4) is 0 Å². The zero-order valence-corrected chi connectivity index (χ0v) is 13.7. The lowest BCUT2D eigenvalue weighted by molar-refractivity contribution is 0.756. The van der Waals surface area contributed by atoms with Gasteiger partial charge in [-0.3, -0.25) is 4.68 Å². The van der Waals surface area contributed by atoms with Crippen LogP contribution >= 0.6 is 0 Å². The number of nitrogens with one attached hydrogen (secondary N) is 2. The highest BCUT2D eigenvalue weighted by molar-refractivity contribution is 5.57. The summed E-state index contributed by atoms with van der Waals surface area (Å²) >= 11 is 0. The van der Waals surface area contributed by atoms with Crippen LogP contribution in [0, 0.1) is 13.8 Å². The average Bonchev–Trinajstić information content (AvgIpc) is 2.75. The minimum atomic E-state index is 0.290.